The van der Waals surface area contributed by atoms with E-state index in [4.69, 9.17) is 9.47 Å². The number of pyridine rings is 1. The summed E-state index contributed by atoms with van der Waals surface area (Å²) >= 11 is 0. The number of carbonyl (C=O) groups is 1. The van der Waals surface area contributed by atoms with Crippen molar-refractivity contribution in [3.63, 3.8) is 0 Å². The monoisotopic (exact) mass is 566 g/mol. The number of aromatic nitrogens is 2. The van der Waals surface area contributed by atoms with Crippen molar-refractivity contribution in [2.24, 2.45) is 5.92 Å². The summed E-state index contributed by atoms with van der Waals surface area (Å²) in [5.74, 6) is 0.493. The molecule has 0 unspecified atom stereocenters. The van der Waals surface area contributed by atoms with Crippen molar-refractivity contribution < 1.29 is 23.8 Å². The largest absolute Gasteiger partial charge is 0.382 e. The van der Waals surface area contributed by atoms with Crippen molar-refractivity contribution in [3.05, 3.63) is 59.4 Å². The summed E-state index contributed by atoms with van der Waals surface area (Å²) in [6.45, 7) is 15.0. The molecule has 1 atom stereocenters. The Morgan fingerprint density at radius 2 is 1.88 bits per heavy atom. The van der Waals surface area contributed by atoms with Gasteiger partial charge in [0.25, 0.3) is 5.91 Å². The van der Waals surface area contributed by atoms with Gasteiger partial charge in [0.05, 0.1) is 30.5 Å². The van der Waals surface area contributed by atoms with Gasteiger partial charge < -0.3 is 23.9 Å². The van der Waals surface area contributed by atoms with E-state index in [0.717, 1.165) is 35.3 Å². The Bertz CT molecular complexity index is 1390. The van der Waals surface area contributed by atoms with Gasteiger partial charge in [-0.15, -0.1) is 0 Å². The molecule has 41 heavy (non-hydrogen) atoms. The summed E-state index contributed by atoms with van der Waals surface area (Å²) in [7, 11) is 0. The summed E-state index contributed by atoms with van der Waals surface area (Å²) in [6, 6.07) is 6.58. The maximum atomic E-state index is 14.5. The Hall–Kier alpha value is -2.85. The molecule has 2 aliphatic heterocycles. The number of hydrogen-bond donors (Lipinski definition) is 1. The minimum Gasteiger partial charge on any atom is -0.382 e. The second-order valence-electron chi connectivity index (χ2n) is 12.1. The number of imidazole rings is 1. The summed E-state index contributed by atoms with van der Waals surface area (Å²) in [6.07, 6.45) is 5.33. The molecular formula is C32H43FN4O4. The fraction of sp³-hybridized carbons (Fsp3) is 0.562. The number of aryl methyl sites for hydroxylation is 1. The number of rotatable bonds is 10. The highest BCUT2D eigenvalue weighted by Crippen LogP contribution is 2.40. The standard InChI is InChI=1S/C32H43FN4O4/c1-7-36(21(4)5)31(38)27-15-24(33)8-9-25(27)26-14-23(17-37-22(6)34-16-29(26)37)32(39)18-35(19-32)28(20(2)3)10-11-30-40-12-13-41-30/h8-9,14-17,20-21,28,30,39H,7,10-13,18-19H2,1-6H3/t28-/m1/s1. The van der Waals surface area contributed by atoms with E-state index in [0.29, 0.717) is 55.9 Å². The number of nitrogens with zero attached hydrogens (tertiary/aromatic N) is 4. The van der Waals surface area contributed by atoms with Gasteiger partial charge in [-0.3, -0.25) is 9.69 Å². The molecule has 2 fully saturated rings. The zero-order valence-electron chi connectivity index (χ0n) is 25.1. The highest BCUT2D eigenvalue weighted by Gasteiger charge is 2.46. The maximum Gasteiger partial charge on any atom is 0.254 e. The zero-order valence-corrected chi connectivity index (χ0v) is 25.1. The van der Waals surface area contributed by atoms with Crippen LogP contribution in [0.5, 0.6) is 0 Å². The molecule has 1 amide bonds. The number of carbonyl (C=O) groups excluding carboxylic acids is 1. The van der Waals surface area contributed by atoms with Crippen LogP contribution in [0, 0.1) is 18.7 Å². The van der Waals surface area contributed by atoms with Gasteiger partial charge in [0.1, 0.15) is 17.2 Å². The van der Waals surface area contributed by atoms with Crippen molar-refractivity contribution in [2.75, 3.05) is 32.8 Å². The number of amides is 1. The molecule has 9 heteroatoms. The molecule has 0 spiro atoms. The Morgan fingerprint density at radius 3 is 2.51 bits per heavy atom. The average molecular weight is 567 g/mol. The number of β-amino-alcohol motifs (C(OH)–C–C–N with tert-alkyl or cyclic N) is 1. The summed E-state index contributed by atoms with van der Waals surface area (Å²) < 4.78 is 27.8. The highest BCUT2D eigenvalue weighted by atomic mass is 19.1. The van der Waals surface area contributed by atoms with Crippen LogP contribution in [0.2, 0.25) is 0 Å². The number of aliphatic hydroxyl groups is 1. The Kier molecular flexibility index (Phi) is 8.53. The van der Waals surface area contributed by atoms with E-state index in [1.54, 1.807) is 17.2 Å². The van der Waals surface area contributed by atoms with Gasteiger partial charge in [-0.2, -0.15) is 0 Å². The molecule has 0 aliphatic carbocycles. The van der Waals surface area contributed by atoms with Crippen LogP contribution in [0.15, 0.2) is 36.7 Å². The minimum absolute atomic E-state index is 0.0328. The molecule has 1 N–H and O–H groups in total. The molecule has 0 bridgehead atoms. The first kappa shape index (κ1) is 29.6. The van der Waals surface area contributed by atoms with Crippen molar-refractivity contribution in [3.8, 4) is 11.1 Å². The van der Waals surface area contributed by atoms with E-state index >= 15 is 0 Å². The van der Waals surface area contributed by atoms with E-state index in [-0.39, 0.29) is 18.2 Å². The zero-order chi connectivity index (χ0) is 29.5. The van der Waals surface area contributed by atoms with Crippen LogP contribution in [-0.4, -0.2) is 81.4 Å². The van der Waals surface area contributed by atoms with Gasteiger partial charge >= 0.3 is 0 Å². The lowest BCUT2D eigenvalue weighted by molar-refractivity contribution is -0.133. The van der Waals surface area contributed by atoms with Crippen LogP contribution in [0.25, 0.3) is 16.6 Å². The van der Waals surface area contributed by atoms with Crippen molar-refractivity contribution >= 4 is 11.4 Å². The number of ether oxygens (including phenoxy) is 2. The molecule has 8 nitrogen and oxygen atoms in total. The van der Waals surface area contributed by atoms with E-state index in [2.05, 4.69) is 23.7 Å². The van der Waals surface area contributed by atoms with Crippen LogP contribution >= 0.6 is 0 Å². The Labute approximate surface area is 242 Å². The summed E-state index contributed by atoms with van der Waals surface area (Å²) in [5.41, 5.74) is 2.16. The normalized spacial score (nSPS) is 18.4. The fourth-order valence-electron chi connectivity index (χ4n) is 6.38. The van der Waals surface area contributed by atoms with Crippen molar-refractivity contribution in [1.82, 2.24) is 19.2 Å². The molecule has 2 aromatic heterocycles. The lowest BCUT2D eigenvalue weighted by Crippen LogP contribution is -2.63. The van der Waals surface area contributed by atoms with Gasteiger partial charge in [-0.05, 0) is 70.2 Å². The highest BCUT2D eigenvalue weighted by molar-refractivity contribution is 6.03. The number of fused-ring (bicyclic) bond motifs is 1. The molecule has 0 radical (unpaired) electrons. The maximum absolute atomic E-state index is 14.5. The Morgan fingerprint density at radius 1 is 1.17 bits per heavy atom. The molecule has 5 rings (SSSR count). The Balaban J connectivity index is 1.49. The van der Waals surface area contributed by atoms with Gasteiger partial charge in [0, 0.05) is 49.0 Å². The van der Waals surface area contributed by atoms with Crippen LogP contribution in [0.4, 0.5) is 4.39 Å². The van der Waals surface area contributed by atoms with Gasteiger partial charge in [-0.1, -0.05) is 19.9 Å². The second kappa shape index (κ2) is 11.8. The first-order chi connectivity index (χ1) is 19.5. The van der Waals surface area contributed by atoms with Gasteiger partial charge in [0.15, 0.2) is 6.29 Å². The van der Waals surface area contributed by atoms with E-state index in [9.17, 15) is 14.3 Å². The van der Waals surface area contributed by atoms with Gasteiger partial charge in [-0.25, -0.2) is 9.37 Å². The summed E-state index contributed by atoms with van der Waals surface area (Å²) in [5, 5.41) is 11.9. The average Bonchev–Trinajstić information content (AvgIpc) is 3.57. The molecule has 1 aromatic carbocycles. The predicted octanol–water partition coefficient (Wildman–Crippen LogP) is 5.00. The predicted molar refractivity (Wildman–Crippen MR) is 156 cm³/mol. The third-order valence-corrected chi connectivity index (χ3v) is 8.65. The number of likely N-dealkylation sites (tertiary alicyclic amines) is 1. The van der Waals surface area contributed by atoms with Crippen LogP contribution in [-0.2, 0) is 15.1 Å². The molecule has 2 aliphatic rings. The first-order valence-corrected chi connectivity index (χ1v) is 14.8. The molecule has 3 aromatic rings. The van der Waals surface area contributed by atoms with Crippen molar-refractivity contribution in [1.29, 1.82) is 0 Å². The summed E-state index contributed by atoms with van der Waals surface area (Å²) in [4.78, 5) is 22.2. The molecule has 222 valence electrons. The number of benzene rings is 1. The van der Waals surface area contributed by atoms with E-state index in [1.165, 1.54) is 12.1 Å². The van der Waals surface area contributed by atoms with Gasteiger partial charge in [0.2, 0.25) is 0 Å². The first-order valence-electron chi connectivity index (χ1n) is 14.8. The lowest BCUT2D eigenvalue weighted by Gasteiger charge is -2.51. The quantitative estimate of drug-likeness (QED) is 0.372. The van der Waals surface area contributed by atoms with Crippen LogP contribution < -0.4 is 0 Å². The van der Waals surface area contributed by atoms with Crippen LogP contribution in [0.3, 0.4) is 0 Å². The molecule has 2 saturated heterocycles. The van der Waals surface area contributed by atoms with E-state index in [1.807, 2.05) is 44.4 Å². The number of halogens is 1. The minimum atomic E-state index is -1.06. The third kappa shape index (κ3) is 5.78. The van der Waals surface area contributed by atoms with E-state index < -0.39 is 11.4 Å². The smallest absolute Gasteiger partial charge is 0.254 e. The second-order valence-corrected chi connectivity index (χ2v) is 12.1. The van der Waals surface area contributed by atoms with Crippen molar-refractivity contribution in [2.45, 2.75) is 78.4 Å². The molecular weight excluding hydrogens is 523 g/mol. The third-order valence-electron chi connectivity index (χ3n) is 8.65. The van der Waals surface area contributed by atoms with Crippen LogP contribution in [0.1, 0.15) is 69.2 Å². The topological polar surface area (TPSA) is 79.5 Å². The SMILES string of the molecule is CCN(C(=O)c1cc(F)ccc1-c1cc(C2(O)CN([C@H](CCC3OCCO3)C(C)C)C2)cn2c(C)ncc12)C(C)C. The number of hydrogen-bond acceptors (Lipinski definition) is 6. The fourth-order valence-corrected chi connectivity index (χ4v) is 6.38. The molecule has 4 heterocycles. The lowest BCUT2D eigenvalue weighted by atomic mass is 9.82. The molecule has 0 saturated carbocycles.